The Morgan fingerprint density at radius 1 is 0.976 bits per heavy atom. The summed E-state index contributed by atoms with van der Waals surface area (Å²) in [6.45, 7) is 16.5. The summed E-state index contributed by atoms with van der Waals surface area (Å²) in [5.41, 5.74) is -0.947. The van der Waals surface area contributed by atoms with Crippen LogP contribution in [0.5, 0.6) is 0 Å². The molecule has 0 spiro atoms. The second kappa shape index (κ2) is 12.0. The highest BCUT2D eigenvalue weighted by Gasteiger charge is 2.39. The largest absolute Gasteiger partial charge is 0.443 e. The van der Waals surface area contributed by atoms with Gasteiger partial charge in [0, 0.05) is 37.2 Å². The molecule has 0 aromatic carbocycles. The lowest BCUT2D eigenvalue weighted by Gasteiger charge is -2.40. The number of nitrogens with one attached hydrogen (secondary N) is 1. The van der Waals surface area contributed by atoms with E-state index in [0.717, 1.165) is 17.7 Å². The van der Waals surface area contributed by atoms with Gasteiger partial charge in [-0.25, -0.2) is 14.6 Å². The van der Waals surface area contributed by atoms with Gasteiger partial charge in [-0.1, -0.05) is 13.8 Å². The van der Waals surface area contributed by atoms with Gasteiger partial charge >= 0.3 is 24.0 Å². The molecular weight excluding hydrogens is 530 g/mol. The van der Waals surface area contributed by atoms with Crippen LogP contribution in [-0.2, 0) is 23.9 Å². The summed E-state index contributed by atoms with van der Waals surface area (Å²) in [5, 5.41) is 2.61. The van der Waals surface area contributed by atoms with Crippen molar-refractivity contribution in [3.63, 3.8) is 0 Å². The first kappa shape index (κ1) is 31.8. The second-order valence-corrected chi connectivity index (χ2v) is 12.9. The molecule has 2 fully saturated rings. The molecule has 1 atom stereocenters. The fourth-order valence-corrected chi connectivity index (χ4v) is 4.42. The summed E-state index contributed by atoms with van der Waals surface area (Å²) in [5.74, 6) is -1.63. The third kappa shape index (κ3) is 8.40. The number of ether oxygens (including phenoxy) is 2. The number of rotatable bonds is 4. The van der Waals surface area contributed by atoms with Crippen LogP contribution in [0.2, 0.25) is 0 Å². The number of hydrogen-bond donors (Lipinski definition) is 1. The van der Waals surface area contributed by atoms with Crippen molar-refractivity contribution in [3.05, 3.63) is 17.8 Å². The smallest absolute Gasteiger partial charge is 0.425 e. The Morgan fingerprint density at radius 3 is 2.00 bits per heavy atom. The first-order chi connectivity index (χ1) is 18.9. The fourth-order valence-electron chi connectivity index (χ4n) is 4.42. The molecule has 0 bridgehead atoms. The molecule has 12 heteroatoms. The summed E-state index contributed by atoms with van der Waals surface area (Å²) in [4.78, 5) is 72.9. The second-order valence-electron chi connectivity index (χ2n) is 12.9. The normalized spacial score (nSPS) is 17.7. The Labute approximate surface area is 241 Å². The molecule has 2 heterocycles. The Balaban J connectivity index is 1.81. The number of imide groups is 1. The van der Waals surface area contributed by atoms with Gasteiger partial charge in [0.1, 0.15) is 11.2 Å². The number of aromatic nitrogens is 1. The van der Waals surface area contributed by atoms with Crippen molar-refractivity contribution in [2.75, 3.05) is 29.9 Å². The summed E-state index contributed by atoms with van der Waals surface area (Å²) < 4.78 is 11.0. The highest BCUT2D eigenvalue weighted by Crippen LogP contribution is 2.45. The lowest BCUT2D eigenvalue weighted by atomic mass is 10.1. The average molecular weight is 574 g/mol. The zero-order chi connectivity index (χ0) is 30.9. The summed E-state index contributed by atoms with van der Waals surface area (Å²) >= 11 is 0. The number of pyridine rings is 1. The Morgan fingerprint density at radius 2 is 1.54 bits per heavy atom. The zero-order valence-electron chi connectivity index (χ0n) is 25.6. The summed E-state index contributed by atoms with van der Waals surface area (Å²) in [6.07, 6.45) is 1.03. The van der Waals surface area contributed by atoms with E-state index in [2.05, 4.69) is 10.3 Å². The number of carbonyl (C=O) groups is 5. The van der Waals surface area contributed by atoms with Crippen LogP contribution in [0.25, 0.3) is 0 Å². The molecule has 226 valence electrons. The molecule has 3 rings (SSSR count). The molecule has 1 N–H and O–H groups in total. The van der Waals surface area contributed by atoms with E-state index in [4.69, 9.17) is 9.47 Å². The Hall–Kier alpha value is -3.70. The van der Waals surface area contributed by atoms with Gasteiger partial charge in [-0.2, -0.15) is 4.90 Å². The topological polar surface area (TPSA) is 138 Å². The van der Waals surface area contributed by atoms with Crippen LogP contribution in [-0.4, -0.2) is 81.6 Å². The van der Waals surface area contributed by atoms with Crippen LogP contribution in [0, 0.1) is 5.92 Å². The van der Waals surface area contributed by atoms with E-state index in [1.165, 1.54) is 11.1 Å². The van der Waals surface area contributed by atoms with E-state index in [1.54, 1.807) is 52.5 Å². The molecule has 0 radical (unpaired) electrons. The lowest BCUT2D eigenvalue weighted by molar-refractivity contribution is -0.148. The van der Waals surface area contributed by atoms with E-state index in [9.17, 15) is 24.0 Å². The van der Waals surface area contributed by atoms with Crippen molar-refractivity contribution in [1.29, 1.82) is 0 Å². The molecule has 1 aromatic heterocycles. The first-order valence-electron chi connectivity index (χ1n) is 14.0. The fraction of sp³-hybridized carbons (Fsp3) is 0.655. The minimum Gasteiger partial charge on any atom is -0.443 e. The highest BCUT2D eigenvalue weighted by molar-refractivity contribution is 6.39. The number of anilines is 2. The molecule has 5 amide bonds. The van der Waals surface area contributed by atoms with Gasteiger partial charge < -0.3 is 24.6 Å². The van der Waals surface area contributed by atoms with Gasteiger partial charge in [-0.05, 0) is 73.3 Å². The van der Waals surface area contributed by atoms with E-state index in [0.29, 0.717) is 12.1 Å². The Kier molecular flexibility index (Phi) is 9.34. The first-order valence-corrected chi connectivity index (χ1v) is 14.0. The number of amides is 5. The molecule has 1 aliphatic carbocycles. The molecule has 2 aliphatic rings. The van der Waals surface area contributed by atoms with Gasteiger partial charge in [0.05, 0.1) is 11.9 Å². The maximum atomic E-state index is 13.2. The SMILES string of the molecule is CC(C)C(=O)N1CCN(C(=O)C(=O)Nc2cnc(N(C(=O)OC(C)(C)C)C(=O)OC(C)(C)C)c(C3CC3)c2)CC1C. The highest BCUT2D eigenvalue weighted by atomic mass is 16.6. The maximum Gasteiger partial charge on any atom is 0.425 e. The van der Waals surface area contributed by atoms with Gasteiger partial charge in [-0.3, -0.25) is 14.4 Å². The van der Waals surface area contributed by atoms with E-state index >= 15 is 0 Å². The van der Waals surface area contributed by atoms with Crippen molar-refractivity contribution >= 4 is 41.4 Å². The maximum absolute atomic E-state index is 13.2. The quantitative estimate of drug-likeness (QED) is 0.527. The number of piperazine rings is 1. The molecular formula is C29H43N5O7. The zero-order valence-corrected chi connectivity index (χ0v) is 25.6. The standard InChI is InChI=1S/C29H43N5O7/c1-17(2)24(36)33-13-12-32(16-18(33)3)25(37)23(35)31-20-14-21(19-10-11-19)22(30-15-20)34(26(38)40-28(4,5)6)27(39)41-29(7,8)9/h14-15,17-19H,10-13,16H2,1-9H3,(H,31,35). The Bertz CT molecular complexity index is 1170. The van der Waals surface area contributed by atoms with Crippen LogP contribution in [0.4, 0.5) is 21.1 Å². The molecule has 1 saturated carbocycles. The van der Waals surface area contributed by atoms with Crippen molar-refractivity contribution in [2.24, 2.45) is 5.92 Å². The monoisotopic (exact) mass is 573 g/mol. The molecule has 1 unspecified atom stereocenters. The third-order valence-corrected chi connectivity index (χ3v) is 6.42. The molecule has 12 nitrogen and oxygen atoms in total. The minimum absolute atomic E-state index is 0.00449. The summed E-state index contributed by atoms with van der Waals surface area (Å²) in [6, 6.07) is 1.40. The molecule has 1 aromatic rings. The van der Waals surface area contributed by atoms with Crippen LogP contribution >= 0.6 is 0 Å². The van der Waals surface area contributed by atoms with Crippen molar-refractivity contribution in [1.82, 2.24) is 14.8 Å². The van der Waals surface area contributed by atoms with E-state index in [1.807, 2.05) is 20.8 Å². The van der Waals surface area contributed by atoms with E-state index in [-0.39, 0.29) is 48.4 Å². The minimum atomic E-state index is -0.933. The van der Waals surface area contributed by atoms with Crippen LogP contribution in [0.3, 0.4) is 0 Å². The summed E-state index contributed by atoms with van der Waals surface area (Å²) in [7, 11) is 0. The van der Waals surface area contributed by atoms with Crippen LogP contribution in [0.1, 0.15) is 86.6 Å². The van der Waals surface area contributed by atoms with Crippen LogP contribution < -0.4 is 10.2 Å². The van der Waals surface area contributed by atoms with E-state index < -0.39 is 35.2 Å². The molecule has 41 heavy (non-hydrogen) atoms. The number of nitrogens with zero attached hydrogens (tertiary/aromatic N) is 4. The molecule has 1 aliphatic heterocycles. The van der Waals surface area contributed by atoms with Crippen molar-refractivity contribution < 1.29 is 33.4 Å². The predicted molar refractivity (Wildman–Crippen MR) is 152 cm³/mol. The van der Waals surface area contributed by atoms with Crippen molar-refractivity contribution in [3.8, 4) is 0 Å². The van der Waals surface area contributed by atoms with Gasteiger partial charge in [0.2, 0.25) is 5.91 Å². The lowest BCUT2D eigenvalue weighted by Crippen LogP contribution is -2.57. The molecule has 1 saturated heterocycles. The third-order valence-electron chi connectivity index (χ3n) is 6.42. The van der Waals surface area contributed by atoms with Crippen molar-refractivity contribution in [2.45, 2.75) is 98.3 Å². The predicted octanol–water partition coefficient (Wildman–Crippen LogP) is 4.29. The van der Waals surface area contributed by atoms with Gasteiger partial charge in [0.15, 0.2) is 5.82 Å². The van der Waals surface area contributed by atoms with Gasteiger partial charge in [-0.15, -0.1) is 0 Å². The number of hydrogen-bond acceptors (Lipinski definition) is 8. The average Bonchev–Trinajstić information content (AvgIpc) is 3.67. The van der Waals surface area contributed by atoms with Gasteiger partial charge in [0.25, 0.3) is 0 Å². The van der Waals surface area contributed by atoms with Crippen LogP contribution in [0.15, 0.2) is 12.3 Å². The number of carbonyl (C=O) groups excluding carboxylic acids is 5.